The summed E-state index contributed by atoms with van der Waals surface area (Å²) in [4.78, 5) is 0. The summed E-state index contributed by atoms with van der Waals surface area (Å²) in [6, 6.07) is 0. The first-order chi connectivity index (χ1) is 7.86. The molecule has 16 heavy (non-hydrogen) atoms. The first-order valence-corrected chi connectivity index (χ1v) is 6.16. The molecule has 0 aromatic rings. The third-order valence-electron chi connectivity index (χ3n) is 2.43. The van der Waals surface area contributed by atoms with E-state index in [9.17, 15) is 0 Å². The molecule has 0 saturated carbocycles. The summed E-state index contributed by atoms with van der Waals surface area (Å²) in [5.41, 5.74) is 3.36. The molecule has 0 bridgehead atoms. The van der Waals surface area contributed by atoms with E-state index in [1.54, 1.807) is 0 Å². The van der Waals surface area contributed by atoms with E-state index in [1.165, 1.54) is 0 Å². The Morgan fingerprint density at radius 1 is 1.19 bits per heavy atom. The van der Waals surface area contributed by atoms with E-state index in [0.29, 0.717) is 13.2 Å². The van der Waals surface area contributed by atoms with Crippen LogP contribution in [-0.2, 0) is 14.2 Å². The van der Waals surface area contributed by atoms with Gasteiger partial charge in [-0.3, -0.25) is 5.43 Å². The summed E-state index contributed by atoms with van der Waals surface area (Å²) in [5, 5.41) is 2.19. The fourth-order valence-corrected chi connectivity index (χ4v) is 1.65. The molecule has 1 N–H and O–H groups in total. The van der Waals surface area contributed by atoms with E-state index in [2.05, 4.69) is 10.4 Å². The lowest BCUT2D eigenvalue weighted by Crippen LogP contribution is -2.46. The van der Waals surface area contributed by atoms with Gasteiger partial charge in [-0.2, -0.15) is 0 Å². The van der Waals surface area contributed by atoms with Gasteiger partial charge in [-0.15, -0.1) is 0 Å². The zero-order valence-corrected chi connectivity index (χ0v) is 10.4. The van der Waals surface area contributed by atoms with Crippen molar-refractivity contribution in [2.45, 2.75) is 26.6 Å². The lowest BCUT2D eigenvalue weighted by Gasteiger charge is -2.28. The molecule has 1 aliphatic rings. The standard InChI is InChI=1S/C11H24N2O3/c1-3-15-11(16-4-2)5-6-12-13-7-9-14-10-8-13/h11-12H,3-10H2,1-2H3. The summed E-state index contributed by atoms with van der Waals surface area (Å²) >= 11 is 0. The molecule has 5 nitrogen and oxygen atoms in total. The maximum Gasteiger partial charge on any atom is 0.158 e. The Kier molecular flexibility index (Phi) is 7.71. The van der Waals surface area contributed by atoms with Crippen molar-refractivity contribution in [3.63, 3.8) is 0 Å². The molecule has 0 spiro atoms. The van der Waals surface area contributed by atoms with Gasteiger partial charge in [0, 0.05) is 39.3 Å². The van der Waals surface area contributed by atoms with Gasteiger partial charge in [-0.1, -0.05) is 0 Å². The van der Waals surface area contributed by atoms with E-state index in [0.717, 1.165) is 39.3 Å². The number of hydrazine groups is 1. The lowest BCUT2D eigenvalue weighted by molar-refractivity contribution is -0.140. The Morgan fingerprint density at radius 3 is 2.38 bits per heavy atom. The van der Waals surface area contributed by atoms with Crippen LogP contribution >= 0.6 is 0 Å². The number of hydrogen-bond acceptors (Lipinski definition) is 5. The Morgan fingerprint density at radius 2 is 1.81 bits per heavy atom. The minimum absolute atomic E-state index is 0.0801. The zero-order chi connectivity index (χ0) is 11.6. The van der Waals surface area contributed by atoms with Gasteiger partial charge in [0.1, 0.15) is 0 Å². The van der Waals surface area contributed by atoms with Gasteiger partial charge >= 0.3 is 0 Å². The van der Waals surface area contributed by atoms with Crippen LogP contribution in [0.25, 0.3) is 0 Å². The van der Waals surface area contributed by atoms with E-state index in [-0.39, 0.29) is 6.29 Å². The largest absolute Gasteiger partial charge is 0.379 e. The van der Waals surface area contributed by atoms with Crippen molar-refractivity contribution in [2.75, 3.05) is 46.1 Å². The van der Waals surface area contributed by atoms with Gasteiger partial charge in [0.05, 0.1) is 13.2 Å². The Bertz CT molecular complexity index is 157. The quantitative estimate of drug-likeness (QED) is 0.621. The summed E-state index contributed by atoms with van der Waals surface area (Å²) in [5.74, 6) is 0. The van der Waals surface area contributed by atoms with Crippen LogP contribution in [-0.4, -0.2) is 57.4 Å². The van der Waals surface area contributed by atoms with Crippen LogP contribution < -0.4 is 5.43 Å². The molecule has 0 aromatic heterocycles. The monoisotopic (exact) mass is 232 g/mol. The van der Waals surface area contributed by atoms with Crippen molar-refractivity contribution in [1.29, 1.82) is 0 Å². The summed E-state index contributed by atoms with van der Waals surface area (Å²) in [7, 11) is 0. The number of nitrogens with one attached hydrogen (secondary N) is 1. The molecule has 1 heterocycles. The topological polar surface area (TPSA) is 43.0 Å². The van der Waals surface area contributed by atoms with Crippen LogP contribution in [0.1, 0.15) is 20.3 Å². The van der Waals surface area contributed by atoms with Crippen molar-refractivity contribution in [2.24, 2.45) is 0 Å². The predicted octanol–water partition coefficient (Wildman–Crippen LogP) is 0.612. The number of nitrogens with zero attached hydrogens (tertiary/aromatic N) is 1. The minimum atomic E-state index is -0.0801. The van der Waals surface area contributed by atoms with Gasteiger partial charge in [0.2, 0.25) is 0 Å². The minimum Gasteiger partial charge on any atom is -0.379 e. The normalized spacial score (nSPS) is 18.2. The molecule has 0 aliphatic carbocycles. The lowest BCUT2D eigenvalue weighted by atomic mass is 10.4. The van der Waals surface area contributed by atoms with E-state index >= 15 is 0 Å². The average molecular weight is 232 g/mol. The van der Waals surface area contributed by atoms with Crippen molar-refractivity contribution < 1.29 is 14.2 Å². The second-order valence-corrected chi connectivity index (χ2v) is 3.64. The van der Waals surface area contributed by atoms with Gasteiger partial charge in [0.25, 0.3) is 0 Å². The molecule has 96 valence electrons. The predicted molar refractivity (Wildman–Crippen MR) is 62.1 cm³/mol. The van der Waals surface area contributed by atoms with Crippen LogP contribution in [0.5, 0.6) is 0 Å². The number of ether oxygens (including phenoxy) is 3. The van der Waals surface area contributed by atoms with Crippen LogP contribution in [0.15, 0.2) is 0 Å². The number of rotatable bonds is 8. The molecular formula is C11H24N2O3. The third kappa shape index (κ3) is 5.77. The van der Waals surface area contributed by atoms with Crippen molar-refractivity contribution >= 4 is 0 Å². The van der Waals surface area contributed by atoms with Crippen molar-refractivity contribution in [1.82, 2.24) is 10.4 Å². The summed E-state index contributed by atoms with van der Waals surface area (Å²) < 4.78 is 16.2. The first kappa shape index (κ1) is 13.9. The van der Waals surface area contributed by atoms with Gasteiger partial charge in [-0.05, 0) is 13.8 Å². The second-order valence-electron chi connectivity index (χ2n) is 3.64. The number of hydrogen-bond donors (Lipinski definition) is 1. The Labute approximate surface area is 98.0 Å². The van der Waals surface area contributed by atoms with E-state index in [1.807, 2.05) is 13.8 Å². The molecule has 1 rings (SSSR count). The molecule has 1 fully saturated rings. The van der Waals surface area contributed by atoms with Gasteiger partial charge in [-0.25, -0.2) is 5.01 Å². The highest BCUT2D eigenvalue weighted by Gasteiger charge is 2.11. The van der Waals surface area contributed by atoms with Crippen LogP contribution in [0, 0.1) is 0 Å². The summed E-state index contributed by atoms with van der Waals surface area (Å²) in [6.45, 7) is 9.78. The fraction of sp³-hybridized carbons (Fsp3) is 1.00. The summed E-state index contributed by atoms with van der Waals surface area (Å²) in [6.07, 6.45) is 0.794. The third-order valence-corrected chi connectivity index (χ3v) is 2.43. The average Bonchev–Trinajstić information content (AvgIpc) is 2.31. The smallest absolute Gasteiger partial charge is 0.158 e. The maximum absolute atomic E-state index is 5.47. The molecule has 5 heteroatoms. The highest BCUT2D eigenvalue weighted by molar-refractivity contribution is 4.58. The molecule has 0 radical (unpaired) electrons. The van der Waals surface area contributed by atoms with Crippen LogP contribution in [0.2, 0.25) is 0 Å². The molecule has 0 aromatic carbocycles. The van der Waals surface area contributed by atoms with Gasteiger partial charge in [0.15, 0.2) is 6.29 Å². The Hall–Kier alpha value is -0.200. The highest BCUT2D eigenvalue weighted by atomic mass is 16.7. The first-order valence-electron chi connectivity index (χ1n) is 6.16. The van der Waals surface area contributed by atoms with Crippen LogP contribution in [0.3, 0.4) is 0 Å². The highest BCUT2D eigenvalue weighted by Crippen LogP contribution is 2.00. The number of morpholine rings is 1. The van der Waals surface area contributed by atoms with Crippen molar-refractivity contribution in [3.8, 4) is 0 Å². The van der Waals surface area contributed by atoms with Gasteiger partial charge < -0.3 is 14.2 Å². The Balaban J connectivity index is 2.06. The molecule has 0 amide bonds. The molecular weight excluding hydrogens is 208 g/mol. The second kappa shape index (κ2) is 8.90. The van der Waals surface area contributed by atoms with E-state index in [4.69, 9.17) is 14.2 Å². The molecule has 1 saturated heterocycles. The SMILES string of the molecule is CCOC(CCNN1CCOCC1)OCC. The van der Waals surface area contributed by atoms with Crippen LogP contribution in [0.4, 0.5) is 0 Å². The van der Waals surface area contributed by atoms with E-state index < -0.39 is 0 Å². The molecule has 0 unspecified atom stereocenters. The van der Waals surface area contributed by atoms with Crippen molar-refractivity contribution in [3.05, 3.63) is 0 Å². The molecule has 0 atom stereocenters. The molecule has 1 aliphatic heterocycles. The zero-order valence-electron chi connectivity index (χ0n) is 10.4. The fourth-order valence-electron chi connectivity index (χ4n) is 1.65. The maximum atomic E-state index is 5.47.